The van der Waals surface area contributed by atoms with Crippen molar-refractivity contribution in [3.8, 4) is 0 Å². The molecule has 18 heavy (non-hydrogen) atoms. The molecule has 2 aliphatic carbocycles. The molecule has 0 aliphatic heterocycles. The molecule has 0 amide bonds. The van der Waals surface area contributed by atoms with Crippen molar-refractivity contribution in [2.45, 2.75) is 25.7 Å². The monoisotopic (exact) mass is 312 g/mol. The average molecular weight is 313 g/mol. The summed E-state index contributed by atoms with van der Waals surface area (Å²) < 4.78 is 13.6. The molecule has 0 radical (unpaired) electrons. The third-order valence-corrected chi connectivity index (χ3v) is 4.96. The van der Waals surface area contributed by atoms with Crippen LogP contribution in [-0.4, -0.2) is 11.1 Å². The van der Waals surface area contributed by atoms with Crippen LogP contribution >= 0.6 is 15.9 Å². The standard InChI is InChI=1S/C14H14BrFO2/c15-11-3-8(1-2-12(11)16)5-14(13(17)18)6-9-4-10(9)7-14/h1-3,9-10H,4-7H2,(H,17,18). The number of hydrogen-bond acceptors (Lipinski definition) is 1. The van der Waals surface area contributed by atoms with E-state index in [0.29, 0.717) is 22.7 Å². The second-order valence-corrected chi connectivity index (χ2v) is 6.53. The summed E-state index contributed by atoms with van der Waals surface area (Å²) in [6.07, 6.45) is 3.26. The van der Waals surface area contributed by atoms with E-state index in [0.717, 1.165) is 18.4 Å². The number of fused-ring (bicyclic) bond motifs is 1. The zero-order valence-electron chi connectivity index (χ0n) is 9.83. The van der Waals surface area contributed by atoms with Crippen LogP contribution in [0.25, 0.3) is 0 Å². The number of halogens is 2. The molecule has 2 unspecified atom stereocenters. The fourth-order valence-electron chi connectivity index (χ4n) is 3.33. The molecule has 1 aromatic rings. The smallest absolute Gasteiger partial charge is 0.309 e. The van der Waals surface area contributed by atoms with Crippen LogP contribution in [0.15, 0.2) is 22.7 Å². The predicted molar refractivity (Wildman–Crippen MR) is 68.7 cm³/mol. The highest BCUT2D eigenvalue weighted by atomic mass is 79.9. The molecule has 0 bridgehead atoms. The van der Waals surface area contributed by atoms with E-state index < -0.39 is 11.4 Å². The second-order valence-electron chi connectivity index (χ2n) is 5.67. The maximum Gasteiger partial charge on any atom is 0.309 e. The van der Waals surface area contributed by atoms with Gasteiger partial charge in [-0.05, 0) is 71.1 Å². The molecule has 2 atom stereocenters. The van der Waals surface area contributed by atoms with Crippen LogP contribution in [-0.2, 0) is 11.2 Å². The van der Waals surface area contributed by atoms with Gasteiger partial charge in [0.25, 0.3) is 0 Å². The third kappa shape index (κ3) is 1.96. The lowest BCUT2D eigenvalue weighted by molar-refractivity contribution is -0.149. The Bertz CT molecular complexity index is 505. The van der Waals surface area contributed by atoms with E-state index in [4.69, 9.17) is 0 Å². The van der Waals surface area contributed by atoms with Crippen molar-refractivity contribution >= 4 is 21.9 Å². The fourth-order valence-corrected chi connectivity index (χ4v) is 3.76. The number of carbonyl (C=O) groups is 1. The summed E-state index contributed by atoms with van der Waals surface area (Å²) in [7, 11) is 0. The minimum absolute atomic E-state index is 0.308. The van der Waals surface area contributed by atoms with Crippen molar-refractivity contribution < 1.29 is 14.3 Å². The highest BCUT2D eigenvalue weighted by molar-refractivity contribution is 9.10. The summed E-state index contributed by atoms with van der Waals surface area (Å²) in [6.45, 7) is 0. The van der Waals surface area contributed by atoms with Crippen molar-refractivity contribution in [1.82, 2.24) is 0 Å². The van der Waals surface area contributed by atoms with Crippen LogP contribution in [0.1, 0.15) is 24.8 Å². The first-order valence-corrected chi connectivity index (χ1v) is 6.97. The van der Waals surface area contributed by atoms with E-state index in [1.54, 1.807) is 12.1 Å². The van der Waals surface area contributed by atoms with Gasteiger partial charge in [0, 0.05) is 0 Å². The highest BCUT2D eigenvalue weighted by Gasteiger charge is 2.57. The van der Waals surface area contributed by atoms with Crippen LogP contribution in [0.3, 0.4) is 0 Å². The summed E-state index contributed by atoms with van der Waals surface area (Å²) in [5, 5.41) is 9.50. The molecule has 2 aliphatic rings. The summed E-state index contributed by atoms with van der Waals surface area (Å²) in [5.74, 6) is 0.225. The van der Waals surface area contributed by atoms with Gasteiger partial charge in [-0.15, -0.1) is 0 Å². The SMILES string of the molecule is O=C(O)C1(Cc2ccc(F)c(Br)c2)CC2CC2C1. The molecule has 2 nitrogen and oxygen atoms in total. The van der Waals surface area contributed by atoms with Gasteiger partial charge in [-0.25, -0.2) is 4.39 Å². The molecule has 1 aromatic carbocycles. The van der Waals surface area contributed by atoms with Gasteiger partial charge in [-0.2, -0.15) is 0 Å². The molecule has 4 heteroatoms. The van der Waals surface area contributed by atoms with Crippen LogP contribution in [0.2, 0.25) is 0 Å². The largest absolute Gasteiger partial charge is 0.481 e. The zero-order valence-corrected chi connectivity index (χ0v) is 11.4. The zero-order chi connectivity index (χ0) is 12.9. The van der Waals surface area contributed by atoms with E-state index in [1.807, 2.05) is 0 Å². The van der Waals surface area contributed by atoms with Gasteiger partial charge in [-0.1, -0.05) is 6.07 Å². The van der Waals surface area contributed by atoms with Crippen molar-refractivity contribution in [1.29, 1.82) is 0 Å². The van der Waals surface area contributed by atoms with Crippen molar-refractivity contribution in [3.63, 3.8) is 0 Å². The number of benzene rings is 1. The topological polar surface area (TPSA) is 37.3 Å². The Morgan fingerprint density at radius 2 is 2.11 bits per heavy atom. The number of rotatable bonds is 3. The average Bonchev–Trinajstić information content (AvgIpc) is 2.92. The van der Waals surface area contributed by atoms with Crippen LogP contribution < -0.4 is 0 Å². The van der Waals surface area contributed by atoms with E-state index in [9.17, 15) is 14.3 Å². The lowest BCUT2D eigenvalue weighted by Gasteiger charge is -2.26. The van der Waals surface area contributed by atoms with E-state index in [2.05, 4.69) is 15.9 Å². The van der Waals surface area contributed by atoms with Crippen LogP contribution in [0, 0.1) is 23.1 Å². The normalized spacial score (nSPS) is 33.2. The molecule has 2 fully saturated rings. The lowest BCUT2D eigenvalue weighted by Crippen LogP contribution is -2.31. The highest BCUT2D eigenvalue weighted by Crippen LogP contribution is 2.61. The van der Waals surface area contributed by atoms with Gasteiger partial charge >= 0.3 is 5.97 Å². The summed E-state index contributed by atoms with van der Waals surface area (Å²) in [6, 6.07) is 4.78. The number of hydrogen-bond donors (Lipinski definition) is 1. The molecule has 96 valence electrons. The second kappa shape index (κ2) is 4.05. The van der Waals surface area contributed by atoms with Crippen LogP contribution in [0.4, 0.5) is 4.39 Å². The molecule has 1 N–H and O–H groups in total. The van der Waals surface area contributed by atoms with E-state index >= 15 is 0 Å². The molecule has 0 heterocycles. The summed E-state index contributed by atoms with van der Waals surface area (Å²) in [4.78, 5) is 11.6. The van der Waals surface area contributed by atoms with Crippen molar-refractivity contribution in [2.75, 3.05) is 0 Å². The Morgan fingerprint density at radius 3 is 2.67 bits per heavy atom. The van der Waals surface area contributed by atoms with Gasteiger partial charge in [0.05, 0.1) is 9.89 Å². The van der Waals surface area contributed by atoms with Gasteiger partial charge in [0.2, 0.25) is 0 Å². The maximum absolute atomic E-state index is 13.2. The third-order valence-electron chi connectivity index (χ3n) is 4.36. The minimum atomic E-state index is -0.699. The first-order valence-electron chi connectivity index (χ1n) is 6.17. The number of aliphatic carboxylic acids is 1. The first kappa shape index (κ1) is 12.2. The summed E-state index contributed by atoms with van der Waals surface area (Å²) in [5.41, 5.74) is 0.275. The number of carboxylic acid groups (broad SMARTS) is 1. The molecule has 3 rings (SSSR count). The Balaban J connectivity index is 1.85. The molecule has 0 aromatic heterocycles. The Kier molecular flexibility index (Phi) is 2.73. The number of carboxylic acids is 1. The predicted octanol–water partition coefficient (Wildman–Crippen LogP) is 3.63. The maximum atomic E-state index is 13.2. The lowest BCUT2D eigenvalue weighted by atomic mass is 9.77. The minimum Gasteiger partial charge on any atom is -0.481 e. The van der Waals surface area contributed by atoms with Crippen molar-refractivity contribution in [2.24, 2.45) is 17.3 Å². The van der Waals surface area contributed by atoms with E-state index in [-0.39, 0.29) is 5.82 Å². The molecule has 0 saturated heterocycles. The van der Waals surface area contributed by atoms with Gasteiger partial charge in [0.1, 0.15) is 5.82 Å². The molecular weight excluding hydrogens is 299 g/mol. The summed E-state index contributed by atoms with van der Waals surface area (Å²) >= 11 is 3.15. The van der Waals surface area contributed by atoms with Gasteiger partial charge < -0.3 is 5.11 Å². The fraction of sp³-hybridized carbons (Fsp3) is 0.500. The van der Waals surface area contributed by atoms with Gasteiger partial charge in [-0.3, -0.25) is 4.79 Å². The first-order chi connectivity index (χ1) is 8.50. The Morgan fingerprint density at radius 1 is 1.44 bits per heavy atom. The van der Waals surface area contributed by atoms with Crippen molar-refractivity contribution in [3.05, 3.63) is 34.1 Å². The van der Waals surface area contributed by atoms with E-state index in [1.165, 1.54) is 12.5 Å². The van der Waals surface area contributed by atoms with Crippen LogP contribution in [0.5, 0.6) is 0 Å². The molecule has 0 spiro atoms. The molecular formula is C14H14BrFO2. The van der Waals surface area contributed by atoms with Gasteiger partial charge in [0.15, 0.2) is 0 Å². The quantitative estimate of drug-likeness (QED) is 0.925. The Labute approximate surface area is 113 Å². The Hall–Kier alpha value is -0.900. The molecule has 2 saturated carbocycles.